The number of hydrogen-bond acceptors (Lipinski definition) is 3. The first-order valence-corrected chi connectivity index (χ1v) is 10.8. The number of rotatable bonds is 4. The Morgan fingerprint density at radius 1 is 0.810 bits per heavy atom. The maximum atomic E-state index is 6.24. The lowest BCUT2D eigenvalue weighted by Crippen LogP contribution is -2.63. The first-order chi connectivity index (χ1) is 10.1. The van der Waals surface area contributed by atoms with Crippen molar-refractivity contribution in [2.24, 2.45) is 11.8 Å². The Kier molecular flexibility index (Phi) is 4.79. The van der Waals surface area contributed by atoms with E-state index < -0.39 is 8.72 Å². The number of fused-ring (bicyclic) bond motifs is 1. The smallest absolute Gasteiger partial charge is 0.386 e. The third-order valence-corrected chi connectivity index (χ3v) is 10.9. The van der Waals surface area contributed by atoms with Crippen LogP contribution < -0.4 is 0 Å². The van der Waals surface area contributed by atoms with Crippen molar-refractivity contribution in [1.29, 1.82) is 0 Å². The molecule has 3 nitrogen and oxygen atoms in total. The Morgan fingerprint density at radius 2 is 1.29 bits per heavy atom. The van der Waals surface area contributed by atoms with E-state index in [1.807, 2.05) is 14.2 Å². The quantitative estimate of drug-likeness (QED) is 0.731. The summed E-state index contributed by atoms with van der Waals surface area (Å²) in [6, 6.07) is 1.24. The molecule has 0 bridgehead atoms. The lowest BCUT2D eigenvalue weighted by Gasteiger charge is -2.44. The zero-order valence-corrected chi connectivity index (χ0v) is 15.3. The molecule has 3 rings (SSSR count). The van der Waals surface area contributed by atoms with Gasteiger partial charge in [-0.1, -0.05) is 25.7 Å². The van der Waals surface area contributed by atoms with E-state index in [-0.39, 0.29) is 0 Å². The average Bonchev–Trinajstić information content (AvgIpc) is 3.07. The second-order valence-corrected chi connectivity index (χ2v) is 11.1. The van der Waals surface area contributed by atoms with E-state index in [0.29, 0.717) is 17.6 Å². The summed E-state index contributed by atoms with van der Waals surface area (Å²) in [6.45, 7) is 4.73. The highest BCUT2D eigenvalue weighted by atomic mass is 28.4. The minimum absolute atomic E-state index is 0.620. The van der Waals surface area contributed by atoms with Gasteiger partial charge in [0, 0.05) is 31.8 Å². The third kappa shape index (κ3) is 2.62. The summed E-state index contributed by atoms with van der Waals surface area (Å²) in [4.78, 5) is 0. The molecule has 0 aromatic carbocycles. The maximum Gasteiger partial charge on any atom is 0.430 e. The summed E-state index contributed by atoms with van der Waals surface area (Å²) >= 11 is 0. The van der Waals surface area contributed by atoms with E-state index >= 15 is 0 Å². The molecule has 4 unspecified atom stereocenters. The van der Waals surface area contributed by atoms with E-state index in [4.69, 9.17) is 8.85 Å². The standard InChI is InChI=1S/C17H33NO2Si/c1-13-9-10-14(2)18(13)21(19-3,20-4)17-11-15-7-5-6-8-16(15)12-17/h13-17H,5-12H2,1-4H3. The van der Waals surface area contributed by atoms with Gasteiger partial charge in [-0.15, -0.1) is 0 Å². The van der Waals surface area contributed by atoms with E-state index in [9.17, 15) is 0 Å². The van der Waals surface area contributed by atoms with E-state index in [1.165, 1.54) is 51.4 Å². The molecule has 1 aliphatic heterocycles. The lowest BCUT2D eigenvalue weighted by atomic mass is 9.82. The van der Waals surface area contributed by atoms with Gasteiger partial charge in [-0.05, 0) is 51.4 Å². The van der Waals surface area contributed by atoms with Crippen LogP contribution in [0.4, 0.5) is 0 Å². The molecule has 0 radical (unpaired) electrons. The Balaban J connectivity index is 1.83. The van der Waals surface area contributed by atoms with Gasteiger partial charge in [0.05, 0.1) is 0 Å². The van der Waals surface area contributed by atoms with Gasteiger partial charge in [-0.2, -0.15) is 0 Å². The second kappa shape index (κ2) is 6.30. The summed E-state index contributed by atoms with van der Waals surface area (Å²) in [5.41, 5.74) is 0.670. The van der Waals surface area contributed by atoms with Crippen molar-refractivity contribution in [3.8, 4) is 0 Å². The SMILES string of the molecule is CO[Si](OC)(C1CC2CCCCC2C1)N1C(C)CCC1C. The van der Waals surface area contributed by atoms with Gasteiger partial charge >= 0.3 is 8.72 Å². The van der Waals surface area contributed by atoms with Crippen molar-refractivity contribution < 1.29 is 8.85 Å². The molecule has 122 valence electrons. The van der Waals surface area contributed by atoms with E-state index in [1.54, 1.807) is 0 Å². The van der Waals surface area contributed by atoms with Crippen LogP contribution in [0.5, 0.6) is 0 Å². The molecule has 2 aliphatic carbocycles. The fourth-order valence-corrected chi connectivity index (χ4v) is 10.0. The first kappa shape index (κ1) is 16.0. The van der Waals surface area contributed by atoms with Crippen LogP contribution in [0.2, 0.25) is 5.54 Å². The molecule has 0 aromatic rings. The normalized spacial score (nSPS) is 41.4. The zero-order chi connectivity index (χ0) is 15.0. The van der Waals surface area contributed by atoms with Crippen LogP contribution in [0, 0.1) is 11.8 Å². The fraction of sp³-hybridized carbons (Fsp3) is 1.00. The summed E-state index contributed by atoms with van der Waals surface area (Å²) in [7, 11) is 1.57. The fourth-order valence-electron chi connectivity index (χ4n) is 5.68. The first-order valence-electron chi connectivity index (χ1n) is 9.01. The second-order valence-electron chi connectivity index (χ2n) is 7.69. The minimum atomic E-state index is -2.26. The predicted molar refractivity (Wildman–Crippen MR) is 88.2 cm³/mol. The molecule has 3 aliphatic rings. The monoisotopic (exact) mass is 311 g/mol. The van der Waals surface area contributed by atoms with Gasteiger partial charge in [0.2, 0.25) is 0 Å². The topological polar surface area (TPSA) is 21.7 Å². The van der Waals surface area contributed by atoms with Crippen molar-refractivity contribution in [3.63, 3.8) is 0 Å². The van der Waals surface area contributed by atoms with Crippen LogP contribution in [0.1, 0.15) is 65.2 Å². The third-order valence-electron chi connectivity index (χ3n) is 6.65. The number of hydrogen-bond donors (Lipinski definition) is 0. The van der Waals surface area contributed by atoms with Crippen LogP contribution in [-0.4, -0.2) is 39.6 Å². The highest BCUT2D eigenvalue weighted by Gasteiger charge is 2.58. The summed E-state index contributed by atoms with van der Waals surface area (Å²) in [5.74, 6) is 1.91. The van der Waals surface area contributed by atoms with Crippen molar-refractivity contribution in [3.05, 3.63) is 0 Å². The van der Waals surface area contributed by atoms with Gasteiger partial charge in [0.1, 0.15) is 0 Å². The molecule has 1 heterocycles. The lowest BCUT2D eigenvalue weighted by molar-refractivity contribution is 0.128. The summed E-state index contributed by atoms with van der Waals surface area (Å²) in [5, 5.41) is 0. The summed E-state index contributed by atoms with van der Waals surface area (Å²) in [6.07, 6.45) is 11.1. The minimum Gasteiger partial charge on any atom is -0.386 e. The van der Waals surface area contributed by atoms with Gasteiger partial charge in [0.15, 0.2) is 0 Å². The molecule has 21 heavy (non-hydrogen) atoms. The van der Waals surface area contributed by atoms with Gasteiger partial charge < -0.3 is 8.85 Å². The molecule has 0 amide bonds. The molecule has 0 spiro atoms. The van der Waals surface area contributed by atoms with Crippen LogP contribution in [0.25, 0.3) is 0 Å². The molecule has 4 atom stereocenters. The van der Waals surface area contributed by atoms with Gasteiger partial charge in [-0.25, -0.2) is 0 Å². The zero-order valence-electron chi connectivity index (χ0n) is 14.3. The Labute approximate surface area is 131 Å². The molecule has 3 fully saturated rings. The van der Waals surface area contributed by atoms with Gasteiger partial charge in [0.25, 0.3) is 0 Å². The largest absolute Gasteiger partial charge is 0.430 e. The van der Waals surface area contributed by atoms with Crippen molar-refractivity contribution in [2.45, 2.75) is 82.8 Å². The molecule has 1 saturated heterocycles. The van der Waals surface area contributed by atoms with Crippen LogP contribution in [-0.2, 0) is 8.85 Å². The highest BCUT2D eigenvalue weighted by Crippen LogP contribution is 2.53. The predicted octanol–water partition coefficient (Wildman–Crippen LogP) is 4.06. The summed E-state index contributed by atoms with van der Waals surface area (Å²) < 4.78 is 15.2. The molecular weight excluding hydrogens is 278 g/mol. The van der Waals surface area contributed by atoms with Crippen molar-refractivity contribution in [2.75, 3.05) is 14.2 Å². The molecule has 4 heteroatoms. The van der Waals surface area contributed by atoms with Gasteiger partial charge in [-0.3, -0.25) is 4.57 Å². The Bertz CT molecular complexity index is 337. The van der Waals surface area contributed by atoms with Crippen molar-refractivity contribution >= 4 is 8.72 Å². The molecule has 0 N–H and O–H groups in total. The average molecular weight is 312 g/mol. The van der Waals surface area contributed by atoms with E-state index in [2.05, 4.69) is 18.4 Å². The Hall–Kier alpha value is 0.0969. The molecule has 2 saturated carbocycles. The highest BCUT2D eigenvalue weighted by molar-refractivity contribution is 6.66. The van der Waals surface area contributed by atoms with Crippen LogP contribution >= 0.6 is 0 Å². The Morgan fingerprint density at radius 3 is 1.71 bits per heavy atom. The molecular formula is C17H33NO2Si. The van der Waals surface area contributed by atoms with Crippen LogP contribution in [0.3, 0.4) is 0 Å². The molecule has 0 aromatic heterocycles. The maximum absolute atomic E-state index is 6.24. The number of nitrogens with zero attached hydrogens (tertiary/aromatic N) is 1. The van der Waals surface area contributed by atoms with Crippen LogP contribution in [0.15, 0.2) is 0 Å². The van der Waals surface area contributed by atoms with E-state index in [0.717, 1.165) is 11.8 Å². The van der Waals surface area contributed by atoms with Crippen molar-refractivity contribution in [1.82, 2.24) is 4.57 Å².